The van der Waals surface area contributed by atoms with Gasteiger partial charge in [0.1, 0.15) is 5.75 Å². The number of rotatable bonds is 7. The van der Waals surface area contributed by atoms with E-state index in [2.05, 4.69) is 34.5 Å². The molecule has 1 fully saturated rings. The van der Waals surface area contributed by atoms with Gasteiger partial charge >= 0.3 is 0 Å². The standard InChI is InChI=1S/C22H27ClN2O2/c1-17-13-20(9-10-21(17)23)27-16-22(26)24-14-18-5-7-19(8-6-18)15-25-11-3-2-4-12-25/h5-10,13H,2-4,11-12,14-16H2,1H3,(H,24,26). The normalized spacial score (nSPS) is 14.7. The summed E-state index contributed by atoms with van der Waals surface area (Å²) in [5, 5.41) is 3.59. The molecule has 1 saturated heterocycles. The molecule has 0 radical (unpaired) electrons. The topological polar surface area (TPSA) is 41.6 Å². The lowest BCUT2D eigenvalue weighted by atomic mass is 10.1. The van der Waals surface area contributed by atoms with E-state index in [1.165, 1.54) is 37.9 Å². The number of likely N-dealkylation sites (tertiary alicyclic amines) is 1. The van der Waals surface area contributed by atoms with Crippen molar-refractivity contribution in [3.63, 3.8) is 0 Å². The molecule has 1 aliphatic heterocycles. The number of nitrogens with zero attached hydrogens (tertiary/aromatic N) is 1. The van der Waals surface area contributed by atoms with E-state index in [4.69, 9.17) is 16.3 Å². The van der Waals surface area contributed by atoms with Gasteiger partial charge in [0.05, 0.1) is 0 Å². The number of carbonyl (C=O) groups excluding carboxylic acids is 1. The van der Waals surface area contributed by atoms with Gasteiger partial charge in [-0.15, -0.1) is 0 Å². The first kappa shape index (κ1) is 19.7. The molecule has 0 bridgehead atoms. The van der Waals surface area contributed by atoms with E-state index in [1.807, 2.05) is 13.0 Å². The maximum Gasteiger partial charge on any atom is 0.258 e. The predicted molar refractivity (Wildman–Crippen MR) is 109 cm³/mol. The van der Waals surface area contributed by atoms with Crippen molar-refractivity contribution >= 4 is 17.5 Å². The molecule has 27 heavy (non-hydrogen) atoms. The molecular formula is C22H27ClN2O2. The second-order valence-corrected chi connectivity index (χ2v) is 7.54. The maximum absolute atomic E-state index is 12.0. The monoisotopic (exact) mass is 386 g/mol. The fourth-order valence-corrected chi connectivity index (χ4v) is 3.36. The summed E-state index contributed by atoms with van der Waals surface area (Å²) < 4.78 is 5.52. The Morgan fingerprint density at radius 3 is 2.48 bits per heavy atom. The highest BCUT2D eigenvalue weighted by Gasteiger charge is 2.10. The molecule has 2 aromatic carbocycles. The Morgan fingerprint density at radius 2 is 1.78 bits per heavy atom. The SMILES string of the molecule is Cc1cc(OCC(=O)NCc2ccc(CN3CCCCC3)cc2)ccc1Cl. The maximum atomic E-state index is 12.0. The molecule has 1 aliphatic rings. The van der Waals surface area contributed by atoms with E-state index in [1.54, 1.807) is 12.1 Å². The Kier molecular flexibility index (Phi) is 7.13. The van der Waals surface area contributed by atoms with Crippen LogP contribution in [0.15, 0.2) is 42.5 Å². The second-order valence-electron chi connectivity index (χ2n) is 7.13. The summed E-state index contributed by atoms with van der Waals surface area (Å²) in [5.74, 6) is 0.508. The number of hydrogen-bond acceptors (Lipinski definition) is 3. The smallest absolute Gasteiger partial charge is 0.258 e. The molecule has 0 spiro atoms. The summed E-state index contributed by atoms with van der Waals surface area (Å²) in [5.41, 5.74) is 3.35. The minimum Gasteiger partial charge on any atom is -0.484 e. The first-order chi connectivity index (χ1) is 13.1. The van der Waals surface area contributed by atoms with Crippen LogP contribution in [0.5, 0.6) is 5.75 Å². The van der Waals surface area contributed by atoms with Gasteiger partial charge in [0.15, 0.2) is 6.61 Å². The van der Waals surface area contributed by atoms with Crippen LogP contribution in [-0.2, 0) is 17.9 Å². The van der Waals surface area contributed by atoms with Gasteiger partial charge in [-0.2, -0.15) is 0 Å². The third kappa shape index (κ3) is 6.26. The van der Waals surface area contributed by atoms with E-state index < -0.39 is 0 Å². The number of benzene rings is 2. The van der Waals surface area contributed by atoms with Crippen molar-refractivity contribution in [3.8, 4) is 5.75 Å². The number of hydrogen-bond donors (Lipinski definition) is 1. The molecular weight excluding hydrogens is 360 g/mol. The van der Waals surface area contributed by atoms with Crippen LogP contribution in [0.3, 0.4) is 0 Å². The Bertz CT molecular complexity index is 755. The number of amides is 1. The van der Waals surface area contributed by atoms with E-state index in [-0.39, 0.29) is 12.5 Å². The number of piperidine rings is 1. The largest absolute Gasteiger partial charge is 0.484 e. The van der Waals surface area contributed by atoms with Gasteiger partial charge in [0, 0.05) is 18.1 Å². The number of carbonyl (C=O) groups is 1. The highest BCUT2D eigenvalue weighted by molar-refractivity contribution is 6.31. The Labute approximate surface area is 166 Å². The average Bonchev–Trinajstić information content (AvgIpc) is 2.69. The van der Waals surface area contributed by atoms with Crippen LogP contribution in [0.1, 0.15) is 36.0 Å². The van der Waals surface area contributed by atoms with Gasteiger partial charge in [-0.3, -0.25) is 9.69 Å². The third-order valence-corrected chi connectivity index (χ3v) is 5.29. The van der Waals surface area contributed by atoms with Gasteiger partial charge in [-0.25, -0.2) is 0 Å². The van der Waals surface area contributed by atoms with Crippen molar-refractivity contribution in [1.29, 1.82) is 0 Å². The fourth-order valence-electron chi connectivity index (χ4n) is 3.25. The van der Waals surface area contributed by atoms with Crippen molar-refractivity contribution in [2.24, 2.45) is 0 Å². The molecule has 0 atom stereocenters. The minimum absolute atomic E-state index is 0.00584. The molecule has 5 heteroatoms. The van der Waals surface area contributed by atoms with Crippen LogP contribution in [0, 0.1) is 6.92 Å². The van der Waals surface area contributed by atoms with Gasteiger partial charge in [0.25, 0.3) is 5.91 Å². The number of aryl methyl sites for hydroxylation is 1. The summed E-state index contributed by atoms with van der Waals surface area (Å²) in [7, 11) is 0. The number of halogens is 1. The lowest BCUT2D eigenvalue weighted by Gasteiger charge is -2.26. The van der Waals surface area contributed by atoms with Crippen LogP contribution < -0.4 is 10.1 Å². The van der Waals surface area contributed by atoms with E-state index in [9.17, 15) is 4.79 Å². The summed E-state index contributed by atoms with van der Waals surface area (Å²) in [6, 6.07) is 13.9. The van der Waals surface area contributed by atoms with Gasteiger partial charge in [-0.05, 0) is 67.7 Å². The van der Waals surface area contributed by atoms with Gasteiger partial charge < -0.3 is 10.1 Å². The third-order valence-electron chi connectivity index (χ3n) is 4.87. The Balaban J connectivity index is 1.41. The van der Waals surface area contributed by atoms with E-state index in [0.717, 1.165) is 17.7 Å². The molecule has 1 amide bonds. The molecule has 4 nitrogen and oxygen atoms in total. The van der Waals surface area contributed by atoms with Gasteiger partial charge in [-0.1, -0.05) is 42.3 Å². The Hall–Kier alpha value is -2.04. The highest BCUT2D eigenvalue weighted by atomic mass is 35.5. The molecule has 0 aromatic heterocycles. The summed E-state index contributed by atoms with van der Waals surface area (Å²) in [6.07, 6.45) is 3.97. The molecule has 3 rings (SSSR count). The van der Waals surface area contributed by atoms with Crippen LogP contribution >= 0.6 is 11.6 Å². The van der Waals surface area contributed by atoms with Crippen LogP contribution in [0.25, 0.3) is 0 Å². The van der Waals surface area contributed by atoms with E-state index >= 15 is 0 Å². The lowest BCUT2D eigenvalue weighted by molar-refractivity contribution is -0.123. The Morgan fingerprint density at radius 1 is 1.07 bits per heavy atom. The molecule has 1 heterocycles. The molecule has 2 aromatic rings. The zero-order valence-electron chi connectivity index (χ0n) is 15.8. The summed E-state index contributed by atoms with van der Waals surface area (Å²) in [6.45, 7) is 5.82. The number of nitrogens with one attached hydrogen (secondary N) is 1. The number of ether oxygens (including phenoxy) is 1. The molecule has 0 saturated carbocycles. The minimum atomic E-state index is -0.139. The fraction of sp³-hybridized carbons (Fsp3) is 0.409. The van der Waals surface area contributed by atoms with Crippen LogP contribution in [0.4, 0.5) is 0 Å². The van der Waals surface area contributed by atoms with Crippen molar-refractivity contribution < 1.29 is 9.53 Å². The van der Waals surface area contributed by atoms with Crippen molar-refractivity contribution in [2.75, 3.05) is 19.7 Å². The zero-order chi connectivity index (χ0) is 19.1. The van der Waals surface area contributed by atoms with Crippen molar-refractivity contribution in [1.82, 2.24) is 10.2 Å². The quantitative estimate of drug-likeness (QED) is 0.770. The van der Waals surface area contributed by atoms with Gasteiger partial charge in [0.2, 0.25) is 0 Å². The predicted octanol–water partition coefficient (Wildman–Crippen LogP) is 4.33. The first-order valence-corrected chi connectivity index (χ1v) is 9.94. The molecule has 0 aliphatic carbocycles. The average molecular weight is 387 g/mol. The molecule has 144 valence electrons. The van der Waals surface area contributed by atoms with Crippen LogP contribution in [0.2, 0.25) is 5.02 Å². The molecule has 0 unspecified atom stereocenters. The van der Waals surface area contributed by atoms with E-state index in [0.29, 0.717) is 17.3 Å². The van der Waals surface area contributed by atoms with Crippen molar-refractivity contribution in [3.05, 3.63) is 64.2 Å². The second kappa shape index (κ2) is 9.77. The van der Waals surface area contributed by atoms with Crippen LogP contribution in [-0.4, -0.2) is 30.5 Å². The summed E-state index contributed by atoms with van der Waals surface area (Å²) in [4.78, 5) is 14.5. The highest BCUT2D eigenvalue weighted by Crippen LogP contribution is 2.21. The zero-order valence-corrected chi connectivity index (χ0v) is 16.6. The first-order valence-electron chi connectivity index (χ1n) is 9.56. The van der Waals surface area contributed by atoms with Crippen molar-refractivity contribution in [2.45, 2.75) is 39.3 Å². The summed E-state index contributed by atoms with van der Waals surface area (Å²) >= 11 is 5.99. The lowest BCUT2D eigenvalue weighted by Crippen LogP contribution is -2.29. The molecule has 1 N–H and O–H groups in total.